The summed E-state index contributed by atoms with van der Waals surface area (Å²) in [7, 11) is 1.32. The fraction of sp³-hybridized carbons (Fsp3) is 0.133. The minimum atomic E-state index is -0.471. The van der Waals surface area contributed by atoms with Crippen molar-refractivity contribution in [2.45, 2.75) is 6.92 Å². The second kappa shape index (κ2) is 5.84. The van der Waals surface area contributed by atoms with Gasteiger partial charge >= 0.3 is 5.97 Å². The zero-order valence-corrected chi connectivity index (χ0v) is 12.0. The van der Waals surface area contributed by atoms with Crippen LogP contribution in [0.3, 0.4) is 0 Å². The average molecular weight is 291 g/mol. The number of nitrogen functional groups attached to an aromatic ring is 1. The minimum Gasteiger partial charge on any atom is -0.465 e. The van der Waals surface area contributed by atoms with Gasteiger partial charge in [-0.1, -0.05) is 17.7 Å². The van der Waals surface area contributed by atoms with Crippen molar-refractivity contribution in [3.05, 3.63) is 52.5 Å². The quantitative estimate of drug-likeness (QED) is 0.667. The van der Waals surface area contributed by atoms with E-state index in [-0.39, 0.29) is 0 Å². The first-order chi connectivity index (χ1) is 9.51. The van der Waals surface area contributed by atoms with Crippen LogP contribution in [0.5, 0.6) is 0 Å². The first-order valence-corrected chi connectivity index (χ1v) is 6.40. The molecular formula is C15H15ClN2O2. The molecule has 0 aromatic heterocycles. The smallest absolute Gasteiger partial charge is 0.340 e. The largest absolute Gasteiger partial charge is 0.465 e. The van der Waals surface area contributed by atoms with E-state index in [0.29, 0.717) is 22.0 Å². The van der Waals surface area contributed by atoms with Crippen molar-refractivity contribution in [3.8, 4) is 0 Å². The molecule has 0 aliphatic rings. The van der Waals surface area contributed by atoms with Crippen LogP contribution in [-0.2, 0) is 4.74 Å². The molecule has 0 saturated carbocycles. The molecule has 0 aliphatic heterocycles. The topological polar surface area (TPSA) is 64.3 Å². The molecule has 2 aromatic carbocycles. The second-order valence-corrected chi connectivity index (χ2v) is 4.81. The number of halogens is 1. The summed E-state index contributed by atoms with van der Waals surface area (Å²) in [6.45, 7) is 1.97. The monoisotopic (exact) mass is 290 g/mol. The number of carbonyl (C=O) groups is 1. The maximum absolute atomic E-state index is 11.6. The standard InChI is InChI=1S/C15H15ClN2O2/c1-9-3-6-14(12(16)7-9)18-10-4-5-13(17)11(8-10)15(19)20-2/h3-8,18H,17H2,1-2H3. The van der Waals surface area contributed by atoms with Crippen LogP contribution in [0, 0.1) is 6.92 Å². The lowest BCUT2D eigenvalue weighted by Gasteiger charge is -2.11. The molecule has 0 heterocycles. The van der Waals surface area contributed by atoms with Crippen molar-refractivity contribution in [1.29, 1.82) is 0 Å². The van der Waals surface area contributed by atoms with Gasteiger partial charge in [-0.2, -0.15) is 0 Å². The number of benzene rings is 2. The number of carbonyl (C=O) groups excluding carboxylic acids is 1. The third-order valence-electron chi connectivity index (χ3n) is 2.86. The number of rotatable bonds is 3. The van der Waals surface area contributed by atoms with E-state index in [1.807, 2.05) is 25.1 Å². The van der Waals surface area contributed by atoms with Crippen LogP contribution in [0.1, 0.15) is 15.9 Å². The molecule has 4 nitrogen and oxygen atoms in total. The van der Waals surface area contributed by atoms with Gasteiger partial charge in [-0.3, -0.25) is 0 Å². The molecule has 0 unspecified atom stereocenters. The summed E-state index contributed by atoms with van der Waals surface area (Å²) in [5, 5.41) is 3.76. The Kier molecular flexibility index (Phi) is 4.15. The number of aryl methyl sites for hydroxylation is 1. The molecule has 0 amide bonds. The normalized spacial score (nSPS) is 10.2. The fourth-order valence-electron chi connectivity index (χ4n) is 1.80. The molecule has 0 radical (unpaired) electrons. The van der Waals surface area contributed by atoms with E-state index in [0.717, 1.165) is 11.3 Å². The Morgan fingerprint density at radius 1 is 1.25 bits per heavy atom. The van der Waals surface area contributed by atoms with Crippen molar-refractivity contribution < 1.29 is 9.53 Å². The van der Waals surface area contributed by atoms with Gasteiger partial charge in [-0.25, -0.2) is 4.79 Å². The summed E-state index contributed by atoms with van der Waals surface area (Å²) in [5.41, 5.74) is 9.00. The summed E-state index contributed by atoms with van der Waals surface area (Å²) in [5.74, 6) is -0.471. The Bertz CT molecular complexity index is 656. The molecule has 2 rings (SSSR count). The van der Waals surface area contributed by atoms with Crippen LogP contribution in [0.2, 0.25) is 5.02 Å². The SMILES string of the molecule is COC(=O)c1cc(Nc2ccc(C)cc2Cl)ccc1N. The number of nitrogens with two attached hydrogens (primary N) is 1. The molecule has 0 fully saturated rings. The first kappa shape index (κ1) is 14.2. The van der Waals surface area contributed by atoms with E-state index in [1.165, 1.54) is 7.11 Å². The summed E-state index contributed by atoms with van der Waals surface area (Å²) in [6, 6.07) is 10.8. The van der Waals surface area contributed by atoms with E-state index in [4.69, 9.17) is 17.3 Å². The molecule has 0 bridgehead atoms. The van der Waals surface area contributed by atoms with Crippen LogP contribution < -0.4 is 11.1 Å². The predicted octanol–water partition coefficient (Wildman–Crippen LogP) is 3.76. The number of hydrogen-bond acceptors (Lipinski definition) is 4. The lowest BCUT2D eigenvalue weighted by atomic mass is 10.1. The highest BCUT2D eigenvalue weighted by Crippen LogP contribution is 2.28. The number of methoxy groups -OCH3 is 1. The number of hydrogen-bond donors (Lipinski definition) is 2. The number of nitrogens with one attached hydrogen (secondary N) is 1. The summed E-state index contributed by atoms with van der Waals surface area (Å²) < 4.78 is 4.69. The van der Waals surface area contributed by atoms with E-state index in [2.05, 4.69) is 10.1 Å². The Labute approximate surface area is 122 Å². The molecule has 0 saturated heterocycles. The highest BCUT2D eigenvalue weighted by atomic mass is 35.5. The Balaban J connectivity index is 2.32. The maximum Gasteiger partial charge on any atom is 0.340 e. The number of anilines is 3. The van der Waals surface area contributed by atoms with Crippen molar-refractivity contribution in [1.82, 2.24) is 0 Å². The molecular weight excluding hydrogens is 276 g/mol. The Hall–Kier alpha value is -2.20. The van der Waals surface area contributed by atoms with Crippen LogP contribution in [0.25, 0.3) is 0 Å². The zero-order chi connectivity index (χ0) is 14.7. The highest BCUT2D eigenvalue weighted by Gasteiger charge is 2.11. The van der Waals surface area contributed by atoms with Gasteiger partial charge < -0.3 is 15.8 Å². The molecule has 104 valence electrons. The Morgan fingerprint density at radius 3 is 2.65 bits per heavy atom. The van der Waals surface area contributed by atoms with Gasteiger partial charge in [-0.05, 0) is 42.8 Å². The van der Waals surface area contributed by atoms with Gasteiger partial charge in [0.1, 0.15) is 0 Å². The minimum absolute atomic E-state index is 0.320. The lowest BCUT2D eigenvalue weighted by molar-refractivity contribution is 0.0602. The molecule has 0 atom stereocenters. The second-order valence-electron chi connectivity index (χ2n) is 4.40. The van der Waals surface area contributed by atoms with Crippen molar-refractivity contribution >= 4 is 34.6 Å². The third-order valence-corrected chi connectivity index (χ3v) is 3.17. The van der Waals surface area contributed by atoms with Crippen molar-refractivity contribution in [2.75, 3.05) is 18.2 Å². The average Bonchev–Trinajstić information content (AvgIpc) is 2.43. The lowest BCUT2D eigenvalue weighted by Crippen LogP contribution is -2.06. The molecule has 2 aromatic rings. The van der Waals surface area contributed by atoms with Crippen LogP contribution in [0.15, 0.2) is 36.4 Å². The molecule has 0 spiro atoms. The summed E-state index contributed by atoms with van der Waals surface area (Å²) in [6.07, 6.45) is 0. The van der Waals surface area contributed by atoms with Gasteiger partial charge in [0.25, 0.3) is 0 Å². The molecule has 0 aliphatic carbocycles. The first-order valence-electron chi connectivity index (χ1n) is 6.02. The van der Waals surface area contributed by atoms with Crippen LogP contribution in [0.4, 0.5) is 17.1 Å². The highest BCUT2D eigenvalue weighted by molar-refractivity contribution is 6.33. The van der Waals surface area contributed by atoms with Crippen molar-refractivity contribution in [3.63, 3.8) is 0 Å². The fourth-order valence-corrected chi connectivity index (χ4v) is 2.08. The molecule has 20 heavy (non-hydrogen) atoms. The van der Waals surface area contributed by atoms with E-state index in [9.17, 15) is 4.79 Å². The zero-order valence-electron chi connectivity index (χ0n) is 11.2. The summed E-state index contributed by atoms with van der Waals surface area (Å²) in [4.78, 5) is 11.6. The van der Waals surface area contributed by atoms with Crippen LogP contribution >= 0.6 is 11.6 Å². The van der Waals surface area contributed by atoms with E-state index < -0.39 is 5.97 Å². The van der Waals surface area contributed by atoms with Gasteiger partial charge in [0, 0.05) is 11.4 Å². The van der Waals surface area contributed by atoms with Gasteiger partial charge in [0.2, 0.25) is 0 Å². The summed E-state index contributed by atoms with van der Waals surface area (Å²) >= 11 is 6.16. The number of esters is 1. The van der Waals surface area contributed by atoms with Gasteiger partial charge in [0.05, 0.1) is 23.4 Å². The third kappa shape index (κ3) is 3.03. The Morgan fingerprint density at radius 2 is 2.00 bits per heavy atom. The maximum atomic E-state index is 11.6. The molecule has 5 heteroatoms. The van der Waals surface area contributed by atoms with E-state index in [1.54, 1.807) is 18.2 Å². The van der Waals surface area contributed by atoms with Gasteiger partial charge in [-0.15, -0.1) is 0 Å². The van der Waals surface area contributed by atoms with E-state index >= 15 is 0 Å². The van der Waals surface area contributed by atoms with Crippen LogP contribution in [-0.4, -0.2) is 13.1 Å². The van der Waals surface area contributed by atoms with Gasteiger partial charge in [0.15, 0.2) is 0 Å². The predicted molar refractivity (Wildman–Crippen MR) is 81.7 cm³/mol. The number of ether oxygens (including phenoxy) is 1. The van der Waals surface area contributed by atoms with Crippen molar-refractivity contribution in [2.24, 2.45) is 0 Å². The molecule has 3 N–H and O–H groups in total.